The molecule has 9 nitrogen and oxygen atoms in total. The van der Waals surface area contributed by atoms with Crippen LogP contribution in [-0.2, 0) is 32.7 Å². The normalized spacial score (nSPS) is 14.0. The topological polar surface area (TPSA) is 111 Å². The number of likely N-dealkylation sites (N-methyl/N-ethyl adjacent to an activating group) is 1. The molecule has 0 aliphatic carbocycles. The minimum Gasteiger partial charge on any atom is -0.756 e. The van der Waals surface area contributed by atoms with E-state index in [0.717, 1.165) is 44.9 Å². The van der Waals surface area contributed by atoms with Gasteiger partial charge in [-0.15, -0.1) is 0 Å². The highest BCUT2D eigenvalue weighted by Crippen LogP contribution is 2.38. The molecule has 0 saturated heterocycles. The van der Waals surface area contributed by atoms with E-state index in [1.165, 1.54) is 89.9 Å². The second kappa shape index (κ2) is 35.9. The summed E-state index contributed by atoms with van der Waals surface area (Å²) in [7, 11) is 1.14. The quantitative estimate of drug-likeness (QED) is 0.0201. The van der Waals surface area contributed by atoms with Crippen molar-refractivity contribution in [2.24, 2.45) is 0 Å². The zero-order valence-corrected chi connectivity index (χ0v) is 35.6. The number of carbonyl (C=O) groups excluding carboxylic acids is 2. The summed E-state index contributed by atoms with van der Waals surface area (Å²) >= 11 is 0. The third-order valence-corrected chi connectivity index (χ3v) is 9.88. The number of allylic oxidation sites excluding steroid dienone is 6. The lowest BCUT2D eigenvalue weighted by atomic mass is 10.0. The second-order valence-electron chi connectivity index (χ2n) is 15.4. The van der Waals surface area contributed by atoms with Crippen LogP contribution in [0.2, 0.25) is 0 Å². The Kier molecular flexibility index (Phi) is 34.7. The molecule has 0 spiro atoms. The predicted molar refractivity (Wildman–Crippen MR) is 217 cm³/mol. The van der Waals surface area contributed by atoms with Crippen molar-refractivity contribution in [3.05, 3.63) is 36.5 Å². The summed E-state index contributed by atoms with van der Waals surface area (Å²) in [5, 5.41) is 0. The Bertz CT molecular complexity index is 1010. The Morgan fingerprint density at radius 1 is 0.585 bits per heavy atom. The maximum atomic E-state index is 12.6. The molecule has 0 bridgehead atoms. The van der Waals surface area contributed by atoms with Gasteiger partial charge in [-0.1, -0.05) is 153 Å². The molecule has 2 atom stereocenters. The van der Waals surface area contributed by atoms with Gasteiger partial charge in [-0.05, 0) is 44.9 Å². The number of carbonyl (C=O) groups is 2. The van der Waals surface area contributed by atoms with E-state index in [9.17, 15) is 19.0 Å². The number of phosphoric acid groups is 1. The van der Waals surface area contributed by atoms with Crippen molar-refractivity contribution in [1.82, 2.24) is 0 Å². The van der Waals surface area contributed by atoms with Gasteiger partial charge in [0.1, 0.15) is 19.8 Å². The molecule has 10 heteroatoms. The molecule has 0 N–H and O–H groups in total. The largest absolute Gasteiger partial charge is 0.756 e. The number of hydrogen-bond acceptors (Lipinski definition) is 8. The van der Waals surface area contributed by atoms with Crippen LogP contribution < -0.4 is 4.89 Å². The van der Waals surface area contributed by atoms with Crippen molar-refractivity contribution in [2.75, 3.05) is 47.5 Å². The third-order valence-electron chi connectivity index (χ3n) is 8.91. The van der Waals surface area contributed by atoms with Gasteiger partial charge < -0.3 is 27.9 Å². The maximum Gasteiger partial charge on any atom is 0.306 e. The van der Waals surface area contributed by atoms with Crippen LogP contribution >= 0.6 is 7.82 Å². The molecule has 0 amide bonds. The Morgan fingerprint density at radius 2 is 1.04 bits per heavy atom. The Hall–Kier alpha value is -1.77. The number of phosphoric ester groups is 1. The lowest BCUT2D eigenvalue weighted by Crippen LogP contribution is -2.37. The van der Waals surface area contributed by atoms with Crippen molar-refractivity contribution in [3.8, 4) is 0 Å². The molecule has 0 aromatic carbocycles. The Labute approximate surface area is 325 Å². The van der Waals surface area contributed by atoms with Crippen LogP contribution in [0.5, 0.6) is 0 Å². The van der Waals surface area contributed by atoms with E-state index in [2.05, 4.69) is 50.3 Å². The molecule has 310 valence electrons. The van der Waals surface area contributed by atoms with E-state index >= 15 is 0 Å². The van der Waals surface area contributed by atoms with Crippen molar-refractivity contribution in [3.63, 3.8) is 0 Å². The molecular weight excluding hydrogens is 689 g/mol. The van der Waals surface area contributed by atoms with Gasteiger partial charge in [0.2, 0.25) is 0 Å². The molecule has 1 unspecified atom stereocenters. The van der Waals surface area contributed by atoms with Crippen LogP contribution in [0.4, 0.5) is 0 Å². The molecule has 0 heterocycles. The van der Waals surface area contributed by atoms with E-state index < -0.39 is 32.5 Å². The smallest absolute Gasteiger partial charge is 0.306 e. The van der Waals surface area contributed by atoms with Gasteiger partial charge in [-0.25, -0.2) is 0 Å². The second-order valence-corrected chi connectivity index (χ2v) is 16.8. The van der Waals surface area contributed by atoms with Crippen molar-refractivity contribution < 1.29 is 42.1 Å². The minimum absolute atomic E-state index is 0.0376. The lowest BCUT2D eigenvalue weighted by Gasteiger charge is -2.28. The number of unbranched alkanes of at least 4 members (excludes halogenated alkanes) is 18. The summed E-state index contributed by atoms with van der Waals surface area (Å²) in [5.74, 6) is -0.894. The summed E-state index contributed by atoms with van der Waals surface area (Å²) in [6, 6.07) is 0. The Balaban J connectivity index is 4.45. The van der Waals surface area contributed by atoms with E-state index in [1.807, 2.05) is 21.1 Å². The van der Waals surface area contributed by atoms with Crippen molar-refractivity contribution in [1.29, 1.82) is 0 Å². The monoisotopic (exact) mass is 770 g/mol. The first-order chi connectivity index (χ1) is 25.5. The number of hydrogen-bond donors (Lipinski definition) is 0. The number of ether oxygens (including phenoxy) is 2. The highest BCUT2D eigenvalue weighted by molar-refractivity contribution is 7.45. The first kappa shape index (κ1) is 51.2. The van der Waals surface area contributed by atoms with Gasteiger partial charge >= 0.3 is 11.9 Å². The summed E-state index contributed by atoms with van der Waals surface area (Å²) < 4.78 is 33.8. The molecule has 0 saturated carbocycles. The fourth-order valence-electron chi connectivity index (χ4n) is 5.55. The van der Waals surface area contributed by atoms with Crippen LogP contribution in [0.1, 0.15) is 174 Å². The number of esters is 2. The summed E-state index contributed by atoms with van der Waals surface area (Å²) in [6.07, 6.45) is 38.9. The SMILES string of the molecule is CCCCCCCC/C=C\C/C=C\C/C=C\CCCC(=O)OC[C@H](COP(=O)([O-])OCC[N+](C)(C)C)OC(=O)CCCCCCCCCCCCCC. The van der Waals surface area contributed by atoms with Gasteiger partial charge in [-0.2, -0.15) is 0 Å². The molecular formula is C43H80NO8P. The minimum atomic E-state index is -4.63. The van der Waals surface area contributed by atoms with E-state index in [1.54, 1.807) is 0 Å². The molecule has 0 aliphatic heterocycles. The molecule has 0 fully saturated rings. The van der Waals surface area contributed by atoms with E-state index in [4.69, 9.17) is 18.5 Å². The fourth-order valence-corrected chi connectivity index (χ4v) is 6.28. The summed E-state index contributed by atoms with van der Waals surface area (Å²) in [6.45, 7) is 4.15. The van der Waals surface area contributed by atoms with Gasteiger partial charge in [0.25, 0.3) is 7.82 Å². The summed E-state index contributed by atoms with van der Waals surface area (Å²) in [5.41, 5.74) is 0. The van der Waals surface area contributed by atoms with Crippen LogP contribution in [0.25, 0.3) is 0 Å². The van der Waals surface area contributed by atoms with Crippen LogP contribution in [0.3, 0.4) is 0 Å². The average Bonchev–Trinajstić information content (AvgIpc) is 3.10. The molecule has 0 aliphatic rings. The zero-order valence-electron chi connectivity index (χ0n) is 34.7. The van der Waals surface area contributed by atoms with Crippen LogP contribution in [0, 0.1) is 0 Å². The van der Waals surface area contributed by atoms with Gasteiger partial charge in [-0.3, -0.25) is 14.2 Å². The maximum absolute atomic E-state index is 12.6. The highest BCUT2D eigenvalue weighted by atomic mass is 31.2. The molecule has 0 aromatic rings. The van der Waals surface area contributed by atoms with Crippen molar-refractivity contribution >= 4 is 19.8 Å². The van der Waals surface area contributed by atoms with Gasteiger partial charge in [0.15, 0.2) is 6.10 Å². The average molecular weight is 770 g/mol. The molecule has 0 rings (SSSR count). The number of quaternary nitrogens is 1. The number of rotatable bonds is 38. The van der Waals surface area contributed by atoms with Crippen LogP contribution in [0.15, 0.2) is 36.5 Å². The molecule has 53 heavy (non-hydrogen) atoms. The van der Waals surface area contributed by atoms with Gasteiger partial charge in [0, 0.05) is 12.8 Å². The lowest BCUT2D eigenvalue weighted by molar-refractivity contribution is -0.870. The predicted octanol–water partition coefficient (Wildman–Crippen LogP) is 11.1. The zero-order chi connectivity index (χ0) is 39.3. The molecule has 0 aromatic heterocycles. The fraction of sp³-hybridized carbons (Fsp3) is 0.814. The Morgan fingerprint density at radius 3 is 1.57 bits per heavy atom. The standard InChI is InChI=1S/C43H80NO8P/c1-6-8-10-12-14-16-18-20-21-22-23-24-26-27-29-31-33-35-42(45)49-39-41(40-51-53(47,48)50-38-37-44(3,4)5)52-43(46)36-34-32-30-28-25-19-17-15-13-11-9-7-2/h20-21,23-24,27,29,41H,6-19,22,25-26,28,30-40H2,1-5H3/b21-20-,24-23-,29-27-/t41-/m1/s1. The van der Waals surface area contributed by atoms with Crippen molar-refractivity contribution in [2.45, 2.75) is 180 Å². The number of nitrogens with zero attached hydrogens (tertiary/aromatic N) is 1. The third kappa shape index (κ3) is 39.7. The first-order valence-electron chi connectivity index (χ1n) is 21.2. The van der Waals surface area contributed by atoms with E-state index in [-0.39, 0.29) is 26.1 Å². The summed E-state index contributed by atoms with van der Waals surface area (Å²) in [4.78, 5) is 37.4. The first-order valence-corrected chi connectivity index (χ1v) is 22.7. The van der Waals surface area contributed by atoms with Gasteiger partial charge in [0.05, 0.1) is 27.7 Å². The van der Waals surface area contributed by atoms with Crippen LogP contribution in [-0.4, -0.2) is 70.0 Å². The highest BCUT2D eigenvalue weighted by Gasteiger charge is 2.21. The van der Waals surface area contributed by atoms with E-state index in [0.29, 0.717) is 23.9 Å². The molecule has 0 radical (unpaired) electrons.